The summed E-state index contributed by atoms with van der Waals surface area (Å²) >= 11 is 0. The quantitative estimate of drug-likeness (QED) is 0.682. The van der Waals surface area contributed by atoms with E-state index in [1.165, 1.54) is 0 Å². The molecule has 0 saturated carbocycles. The van der Waals surface area contributed by atoms with Gasteiger partial charge in [0.2, 0.25) is 0 Å². The van der Waals surface area contributed by atoms with Crippen molar-refractivity contribution in [2.24, 2.45) is 0 Å². The van der Waals surface area contributed by atoms with Gasteiger partial charge in [-0.3, -0.25) is 0 Å². The summed E-state index contributed by atoms with van der Waals surface area (Å²) < 4.78 is 5.51. The molecule has 80 valence electrons. The Kier molecular flexibility index (Phi) is 2.39. The fourth-order valence-electron chi connectivity index (χ4n) is 2.19. The lowest BCUT2D eigenvalue weighted by Crippen LogP contribution is -2.45. The molecule has 2 fully saturated rings. The molecule has 0 aromatic carbocycles. The largest absolute Gasteiger partial charge is 0.441 e. The molecule has 0 atom stereocenters. The molecule has 2 aliphatic rings. The molecule has 0 aromatic heterocycles. The molecule has 0 unspecified atom stereocenters. The van der Waals surface area contributed by atoms with E-state index in [0.29, 0.717) is 0 Å². The summed E-state index contributed by atoms with van der Waals surface area (Å²) in [6.45, 7) is 6.74. The Morgan fingerprint density at radius 2 is 2.07 bits per heavy atom. The van der Waals surface area contributed by atoms with E-state index >= 15 is 0 Å². The minimum Gasteiger partial charge on any atom is -0.441 e. The lowest BCUT2D eigenvalue weighted by Gasteiger charge is -2.31. The molecule has 0 radical (unpaired) electrons. The van der Waals surface area contributed by atoms with Gasteiger partial charge < -0.3 is 15.0 Å². The van der Waals surface area contributed by atoms with Crippen LogP contribution in [0.15, 0.2) is 0 Å². The maximum Gasteiger partial charge on any atom is 0.410 e. The predicted octanol–water partition coefficient (Wildman–Crippen LogP) is 0.969. The van der Waals surface area contributed by atoms with Crippen molar-refractivity contribution < 1.29 is 9.53 Å². The maximum atomic E-state index is 11.6. The van der Waals surface area contributed by atoms with Gasteiger partial charge in [-0.2, -0.15) is 0 Å². The van der Waals surface area contributed by atoms with Gasteiger partial charge in [0.25, 0.3) is 0 Å². The van der Waals surface area contributed by atoms with Crippen LogP contribution in [0.3, 0.4) is 0 Å². The molecule has 0 aromatic rings. The van der Waals surface area contributed by atoms with Gasteiger partial charge in [-0.25, -0.2) is 4.79 Å². The highest BCUT2D eigenvalue weighted by atomic mass is 16.6. The van der Waals surface area contributed by atoms with E-state index in [0.717, 1.165) is 32.5 Å². The first kappa shape index (κ1) is 9.77. The van der Waals surface area contributed by atoms with Crippen LogP contribution >= 0.6 is 0 Å². The summed E-state index contributed by atoms with van der Waals surface area (Å²) in [4.78, 5) is 13.4. The van der Waals surface area contributed by atoms with Gasteiger partial charge in [0, 0.05) is 18.9 Å². The summed E-state index contributed by atoms with van der Waals surface area (Å²) in [6.07, 6.45) is 1.76. The van der Waals surface area contributed by atoms with Crippen LogP contribution in [-0.2, 0) is 4.74 Å². The summed E-state index contributed by atoms with van der Waals surface area (Å²) in [7, 11) is 0. The Hall–Kier alpha value is -0.770. The topological polar surface area (TPSA) is 41.6 Å². The summed E-state index contributed by atoms with van der Waals surface area (Å²) in [5.74, 6) is 0. The van der Waals surface area contributed by atoms with Crippen LogP contribution in [0.2, 0.25) is 0 Å². The molecule has 2 saturated heterocycles. The molecule has 0 bridgehead atoms. The van der Waals surface area contributed by atoms with Crippen LogP contribution < -0.4 is 5.32 Å². The summed E-state index contributed by atoms with van der Waals surface area (Å²) in [6, 6.07) is 0.247. The number of rotatable bonds is 1. The van der Waals surface area contributed by atoms with Crippen LogP contribution in [-0.4, -0.2) is 42.3 Å². The summed E-state index contributed by atoms with van der Waals surface area (Å²) in [5.41, 5.74) is -0.188. The van der Waals surface area contributed by atoms with E-state index < -0.39 is 0 Å². The second-order valence-corrected chi connectivity index (χ2v) is 4.52. The highest BCUT2D eigenvalue weighted by Crippen LogP contribution is 2.31. The average Bonchev–Trinajstić information content (AvgIpc) is 2.44. The van der Waals surface area contributed by atoms with Crippen molar-refractivity contribution in [3.8, 4) is 0 Å². The first-order valence-electron chi connectivity index (χ1n) is 5.33. The lowest BCUT2D eigenvalue weighted by molar-refractivity contribution is 0.0316. The van der Waals surface area contributed by atoms with Crippen molar-refractivity contribution in [2.75, 3.05) is 19.6 Å². The van der Waals surface area contributed by atoms with Gasteiger partial charge in [0.05, 0.1) is 6.54 Å². The van der Waals surface area contributed by atoms with Crippen LogP contribution in [0.5, 0.6) is 0 Å². The molecule has 1 spiro atoms. The van der Waals surface area contributed by atoms with Crippen LogP contribution in [0, 0.1) is 0 Å². The molecule has 2 heterocycles. The monoisotopic (exact) mass is 198 g/mol. The van der Waals surface area contributed by atoms with Crippen LogP contribution in [0.25, 0.3) is 0 Å². The molecule has 4 heteroatoms. The number of ether oxygens (including phenoxy) is 1. The maximum absolute atomic E-state index is 11.6. The molecular formula is C10H18N2O2. The number of carbonyl (C=O) groups excluding carboxylic acids is 1. The smallest absolute Gasteiger partial charge is 0.410 e. The zero-order valence-corrected chi connectivity index (χ0v) is 8.88. The molecule has 4 nitrogen and oxygen atoms in total. The standard InChI is InChI=1S/C10H18N2O2/c1-8(2)12-7-10(14-9(12)13)3-5-11-6-4-10/h8,11H,3-7H2,1-2H3. The third kappa shape index (κ3) is 1.59. The van der Waals surface area contributed by atoms with E-state index in [1.807, 2.05) is 18.7 Å². The van der Waals surface area contributed by atoms with Crippen LogP contribution in [0.1, 0.15) is 26.7 Å². The minimum atomic E-state index is -0.188. The number of piperidine rings is 1. The zero-order valence-electron chi connectivity index (χ0n) is 8.88. The number of hydrogen-bond donors (Lipinski definition) is 1. The molecular weight excluding hydrogens is 180 g/mol. The first-order valence-corrected chi connectivity index (χ1v) is 5.33. The third-order valence-corrected chi connectivity index (χ3v) is 3.13. The van der Waals surface area contributed by atoms with Crippen molar-refractivity contribution in [2.45, 2.75) is 38.3 Å². The van der Waals surface area contributed by atoms with E-state index in [2.05, 4.69) is 5.32 Å². The second kappa shape index (κ2) is 3.42. The van der Waals surface area contributed by atoms with Gasteiger partial charge in [-0.1, -0.05) is 0 Å². The first-order chi connectivity index (χ1) is 6.63. The molecule has 2 rings (SSSR count). The highest BCUT2D eigenvalue weighted by Gasteiger charge is 2.46. The molecule has 14 heavy (non-hydrogen) atoms. The normalized spacial score (nSPS) is 25.9. The fraction of sp³-hybridized carbons (Fsp3) is 0.900. The van der Waals surface area contributed by atoms with Crippen molar-refractivity contribution >= 4 is 6.09 Å². The molecule has 0 aliphatic carbocycles. The van der Waals surface area contributed by atoms with Crippen LogP contribution in [0.4, 0.5) is 4.79 Å². The SMILES string of the molecule is CC(C)N1CC2(CCNCC2)OC1=O. The third-order valence-electron chi connectivity index (χ3n) is 3.13. The molecule has 2 aliphatic heterocycles. The number of nitrogens with one attached hydrogen (secondary N) is 1. The Labute approximate surface area is 84.6 Å². The van der Waals surface area contributed by atoms with Gasteiger partial charge in [0.1, 0.15) is 5.60 Å². The second-order valence-electron chi connectivity index (χ2n) is 4.52. The Morgan fingerprint density at radius 1 is 1.43 bits per heavy atom. The average molecular weight is 198 g/mol. The lowest BCUT2D eigenvalue weighted by atomic mass is 9.92. The minimum absolute atomic E-state index is 0.137. The number of nitrogens with zero attached hydrogens (tertiary/aromatic N) is 1. The van der Waals surface area contributed by atoms with E-state index in [4.69, 9.17) is 4.74 Å². The number of hydrogen-bond acceptors (Lipinski definition) is 3. The van der Waals surface area contributed by atoms with Gasteiger partial charge in [-0.05, 0) is 26.9 Å². The van der Waals surface area contributed by atoms with E-state index in [1.54, 1.807) is 0 Å². The number of carbonyl (C=O) groups is 1. The van der Waals surface area contributed by atoms with Gasteiger partial charge in [0.15, 0.2) is 0 Å². The summed E-state index contributed by atoms with van der Waals surface area (Å²) in [5, 5.41) is 3.28. The zero-order chi connectivity index (χ0) is 10.2. The molecule has 1 amide bonds. The molecule has 1 N–H and O–H groups in total. The van der Waals surface area contributed by atoms with Crippen molar-refractivity contribution in [1.29, 1.82) is 0 Å². The Bertz CT molecular complexity index is 234. The number of amides is 1. The van der Waals surface area contributed by atoms with Crippen molar-refractivity contribution in [3.05, 3.63) is 0 Å². The van der Waals surface area contributed by atoms with Gasteiger partial charge in [-0.15, -0.1) is 0 Å². The highest BCUT2D eigenvalue weighted by molar-refractivity contribution is 5.71. The van der Waals surface area contributed by atoms with E-state index in [9.17, 15) is 4.79 Å². The van der Waals surface area contributed by atoms with Gasteiger partial charge >= 0.3 is 6.09 Å². The predicted molar refractivity (Wildman–Crippen MR) is 53.2 cm³/mol. The van der Waals surface area contributed by atoms with Crippen molar-refractivity contribution in [3.63, 3.8) is 0 Å². The Balaban J connectivity index is 2.07. The van der Waals surface area contributed by atoms with Crippen molar-refractivity contribution in [1.82, 2.24) is 10.2 Å². The fourth-order valence-corrected chi connectivity index (χ4v) is 2.19. The Morgan fingerprint density at radius 3 is 2.57 bits per heavy atom. The van der Waals surface area contributed by atoms with E-state index in [-0.39, 0.29) is 17.7 Å².